The highest BCUT2D eigenvalue weighted by molar-refractivity contribution is 5.18. The molecule has 0 bridgehead atoms. The van der Waals surface area contributed by atoms with E-state index in [0.717, 1.165) is 77.4 Å². The second-order valence-corrected chi connectivity index (χ2v) is 10.8. The van der Waals surface area contributed by atoms with Gasteiger partial charge in [-0.2, -0.15) is 0 Å². The van der Waals surface area contributed by atoms with Crippen molar-refractivity contribution in [1.82, 2.24) is 0 Å². The van der Waals surface area contributed by atoms with Gasteiger partial charge in [-0.25, -0.2) is 0 Å². The number of hydrogen-bond acceptors (Lipinski definition) is 5. The largest absolute Gasteiger partial charge is 0.392 e. The van der Waals surface area contributed by atoms with Crippen LogP contribution in [0.4, 0.5) is 0 Å². The lowest BCUT2D eigenvalue weighted by Gasteiger charge is -2.31. The summed E-state index contributed by atoms with van der Waals surface area (Å²) in [6, 6.07) is 0. The summed E-state index contributed by atoms with van der Waals surface area (Å²) in [5, 5.41) is 9.43. The van der Waals surface area contributed by atoms with Gasteiger partial charge in [0, 0.05) is 32.0 Å². The fourth-order valence-electron chi connectivity index (χ4n) is 6.28. The number of allylic oxidation sites excluding steroid dienone is 1. The maximum absolute atomic E-state index is 9.43. The fraction of sp³-hybridized carbons (Fsp3) is 0.800. The van der Waals surface area contributed by atoms with E-state index in [0.29, 0.717) is 23.7 Å². The molecular weight excluding hydrogens is 440 g/mol. The van der Waals surface area contributed by atoms with E-state index in [1.165, 1.54) is 12.0 Å². The van der Waals surface area contributed by atoms with E-state index in [4.69, 9.17) is 18.9 Å². The van der Waals surface area contributed by atoms with Gasteiger partial charge in [0.1, 0.15) is 0 Å². The van der Waals surface area contributed by atoms with E-state index in [-0.39, 0.29) is 31.4 Å². The minimum Gasteiger partial charge on any atom is -0.392 e. The summed E-state index contributed by atoms with van der Waals surface area (Å²) >= 11 is 0. The highest BCUT2D eigenvalue weighted by atomic mass is 16.7. The van der Waals surface area contributed by atoms with Crippen LogP contribution in [-0.4, -0.2) is 49.7 Å². The summed E-state index contributed by atoms with van der Waals surface area (Å²) < 4.78 is 25.0. The first kappa shape index (κ1) is 26.9. The molecule has 0 amide bonds. The van der Waals surface area contributed by atoms with Crippen LogP contribution < -0.4 is 0 Å². The van der Waals surface area contributed by atoms with Crippen molar-refractivity contribution in [1.29, 1.82) is 0 Å². The molecule has 1 N–H and O–H groups in total. The van der Waals surface area contributed by atoms with Gasteiger partial charge in [-0.1, -0.05) is 37.6 Å². The molecule has 5 nitrogen and oxygen atoms in total. The first-order chi connectivity index (χ1) is 17.2. The van der Waals surface area contributed by atoms with Crippen LogP contribution in [0.25, 0.3) is 0 Å². The number of aliphatic hydroxyl groups is 1. The SMILES string of the molecule is CCC#CCC(C)[C@@H](/C=C/[C@@H]1[C@H]2C/C(=C\CO)C[C@H]2C[C@H]1OC1CCCCO1)OC1CCCCO1. The predicted molar refractivity (Wildman–Crippen MR) is 137 cm³/mol. The normalized spacial score (nSPS) is 36.1. The van der Waals surface area contributed by atoms with Crippen molar-refractivity contribution in [2.24, 2.45) is 23.7 Å². The standard InChI is InChI=1S/C30H46O5/c1-3-4-5-10-22(2)27(34-29-11-6-8-17-32-29)14-13-25-26-20-23(15-16-31)19-24(26)21-28(25)35-30-12-7-9-18-33-30/h13-15,22,24-31H,3,6-12,16-21H2,1-2H3/b14-13+,23-15-/t22?,24-,25+,26-,27+,28+,29?,30?/m0/s1. The van der Waals surface area contributed by atoms with Crippen LogP contribution in [-0.2, 0) is 18.9 Å². The average molecular weight is 487 g/mol. The molecule has 8 atom stereocenters. The zero-order valence-corrected chi connectivity index (χ0v) is 21.8. The molecule has 35 heavy (non-hydrogen) atoms. The van der Waals surface area contributed by atoms with Gasteiger partial charge >= 0.3 is 0 Å². The zero-order valence-electron chi connectivity index (χ0n) is 21.8. The van der Waals surface area contributed by atoms with E-state index in [2.05, 4.69) is 37.8 Å². The molecule has 0 spiro atoms. The highest BCUT2D eigenvalue weighted by Crippen LogP contribution is 2.51. The first-order valence-electron chi connectivity index (χ1n) is 14.1. The molecule has 4 aliphatic rings. The Morgan fingerprint density at radius 3 is 2.51 bits per heavy atom. The van der Waals surface area contributed by atoms with Crippen LogP contribution in [0.5, 0.6) is 0 Å². The summed E-state index contributed by atoms with van der Waals surface area (Å²) in [6.07, 6.45) is 18.1. The van der Waals surface area contributed by atoms with Crippen molar-refractivity contribution in [3.63, 3.8) is 0 Å². The van der Waals surface area contributed by atoms with E-state index in [1.807, 2.05) is 6.08 Å². The molecule has 4 rings (SSSR count). The van der Waals surface area contributed by atoms with Gasteiger partial charge in [0.15, 0.2) is 12.6 Å². The molecule has 3 unspecified atom stereocenters. The topological polar surface area (TPSA) is 57.2 Å². The van der Waals surface area contributed by atoms with Crippen LogP contribution in [0.15, 0.2) is 23.8 Å². The average Bonchev–Trinajstić information content (AvgIpc) is 3.40. The molecule has 0 aromatic heterocycles. The molecular formula is C30H46O5. The van der Waals surface area contributed by atoms with Gasteiger partial charge in [-0.15, -0.1) is 11.8 Å². The maximum Gasteiger partial charge on any atom is 0.158 e. The van der Waals surface area contributed by atoms with Crippen molar-refractivity contribution in [3.8, 4) is 11.8 Å². The molecule has 4 fully saturated rings. The van der Waals surface area contributed by atoms with Crippen molar-refractivity contribution < 1.29 is 24.1 Å². The van der Waals surface area contributed by atoms with Crippen molar-refractivity contribution >= 4 is 0 Å². The Kier molecular flexibility index (Phi) is 10.7. The first-order valence-corrected chi connectivity index (χ1v) is 14.1. The summed E-state index contributed by atoms with van der Waals surface area (Å²) in [7, 11) is 0. The Balaban J connectivity index is 1.49. The van der Waals surface area contributed by atoms with Crippen LogP contribution in [0.1, 0.15) is 84.5 Å². The number of ether oxygens (including phenoxy) is 4. The number of fused-ring (bicyclic) bond motifs is 1. The fourth-order valence-corrected chi connectivity index (χ4v) is 6.28. The number of aliphatic hydroxyl groups excluding tert-OH is 1. The summed E-state index contributed by atoms with van der Waals surface area (Å²) in [6.45, 7) is 6.06. The summed E-state index contributed by atoms with van der Waals surface area (Å²) in [5.41, 5.74) is 1.40. The lowest BCUT2D eigenvalue weighted by Crippen LogP contribution is -2.32. The Bertz CT molecular complexity index is 752. The lowest BCUT2D eigenvalue weighted by atomic mass is 9.89. The van der Waals surface area contributed by atoms with Crippen LogP contribution >= 0.6 is 0 Å². The third-order valence-corrected chi connectivity index (χ3v) is 8.19. The third kappa shape index (κ3) is 7.66. The van der Waals surface area contributed by atoms with Crippen LogP contribution in [0.3, 0.4) is 0 Å². The number of rotatable bonds is 9. The molecule has 2 heterocycles. The van der Waals surface area contributed by atoms with Gasteiger partial charge in [0.25, 0.3) is 0 Å². The van der Waals surface area contributed by atoms with Crippen molar-refractivity contribution in [3.05, 3.63) is 23.8 Å². The van der Waals surface area contributed by atoms with Crippen LogP contribution in [0.2, 0.25) is 0 Å². The molecule has 2 aliphatic carbocycles. The summed E-state index contributed by atoms with van der Waals surface area (Å²) in [5.74, 6) is 8.34. The smallest absolute Gasteiger partial charge is 0.158 e. The van der Waals surface area contributed by atoms with Gasteiger partial charge in [0.2, 0.25) is 0 Å². The molecule has 0 aromatic rings. The Morgan fingerprint density at radius 1 is 1.06 bits per heavy atom. The lowest BCUT2D eigenvalue weighted by molar-refractivity contribution is -0.193. The molecule has 5 heteroatoms. The third-order valence-electron chi connectivity index (χ3n) is 8.19. The predicted octanol–water partition coefficient (Wildman–Crippen LogP) is 5.77. The molecule has 2 saturated heterocycles. The van der Waals surface area contributed by atoms with E-state index in [1.54, 1.807) is 0 Å². The minimum atomic E-state index is -0.121. The van der Waals surface area contributed by atoms with E-state index in [9.17, 15) is 5.11 Å². The van der Waals surface area contributed by atoms with Crippen molar-refractivity contribution in [2.45, 2.75) is 109 Å². The monoisotopic (exact) mass is 486 g/mol. The number of hydrogen-bond donors (Lipinski definition) is 1. The minimum absolute atomic E-state index is 0.0243. The second kappa shape index (κ2) is 14.0. The van der Waals surface area contributed by atoms with Gasteiger partial charge in [-0.3, -0.25) is 0 Å². The van der Waals surface area contributed by atoms with Gasteiger partial charge in [0.05, 0.1) is 18.8 Å². The van der Waals surface area contributed by atoms with Crippen molar-refractivity contribution in [2.75, 3.05) is 19.8 Å². The molecule has 2 aliphatic heterocycles. The van der Waals surface area contributed by atoms with Gasteiger partial charge in [-0.05, 0) is 75.5 Å². The zero-order chi connectivity index (χ0) is 24.5. The highest BCUT2D eigenvalue weighted by Gasteiger charge is 2.47. The molecule has 2 saturated carbocycles. The Morgan fingerprint density at radius 2 is 1.83 bits per heavy atom. The van der Waals surface area contributed by atoms with Gasteiger partial charge < -0.3 is 24.1 Å². The van der Waals surface area contributed by atoms with E-state index < -0.39 is 0 Å². The molecule has 0 radical (unpaired) electrons. The Hall–Kier alpha value is -1.16. The summed E-state index contributed by atoms with van der Waals surface area (Å²) in [4.78, 5) is 0. The van der Waals surface area contributed by atoms with E-state index >= 15 is 0 Å². The second-order valence-electron chi connectivity index (χ2n) is 10.8. The molecule has 196 valence electrons. The maximum atomic E-state index is 9.43. The molecule has 0 aromatic carbocycles. The van der Waals surface area contributed by atoms with Crippen LogP contribution in [0, 0.1) is 35.5 Å². The quantitative estimate of drug-likeness (QED) is 0.331. The Labute approximate surface area is 212 Å².